The highest BCUT2D eigenvalue weighted by atomic mass is 14.9. The van der Waals surface area contributed by atoms with E-state index in [1.807, 2.05) is 0 Å². The normalized spacial score (nSPS) is 19.5. The second kappa shape index (κ2) is 6.20. The minimum Gasteiger partial charge on any atom is -0.311 e. The molecule has 0 heterocycles. The van der Waals surface area contributed by atoms with Crippen molar-refractivity contribution in [3.05, 3.63) is 12.2 Å². The third kappa shape index (κ3) is 4.47. The average Bonchev–Trinajstić information content (AvgIpc) is 2.57. The first-order valence-electron chi connectivity index (χ1n) is 5.74. The van der Waals surface area contributed by atoms with Crippen molar-refractivity contribution in [3.8, 4) is 0 Å². The second-order valence-electron chi connectivity index (χ2n) is 4.20. The molecule has 1 rings (SSSR count). The molecule has 76 valence electrons. The van der Waals surface area contributed by atoms with Crippen molar-refractivity contribution in [1.82, 2.24) is 5.32 Å². The van der Waals surface area contributed by atoms with Crippen molar-refractivity contribution in [2.24, 2.45) is 0 Å². The van der Waals surface area contributed by atoms with Gasteiger partial charge >= 0.3 is 0 Å². The van der Waals surface area contributed by atoms with Crippen LogP contribution in [0.2, 0.25) is 0 Å². The first kappa shape index (κ1) is 10.8. The lowest BCUT2D eigenvalue weighted by molar-refractivity contribution is 0.426. The molecule has 0 bridgehead atoms. The average molecular weight is 181 g/mol. The van der Waals surface area contributed by atoms with Crippen molar-refractivity contribution >= 4 is 0 Å². The quantitative estimate of drug-likeness (QED) is 0.490. The molecule has 0 amide bonds. The summed E-state index contributed by atoms with van der Waals surface area (Å²) in [7, 11) is 0. The maximum atomic E-state index is 3.68. The van der Waals surface area contributed by atoms with E-state index in [0.717, 1.165) is 6.04 Å². The smallest absolute Gasteiger partial charge is 0.0138 e. The number of rotatable bonds is 6. The Hall–Kier alpha value is -0.300. The third-order valence-corrected chi connectivity index (χ3v) is 2.77. The summed E-state index contributed by atoms with van der Waals surface area (Å²) in [6.07, 6.45) is 12.5. The van der Waals surface area contributed by atoms with Gasteiger partial charge in [-0.1, -0.05) is 38.3 Å². The SMILES string of the molecule is CCCCCC(C)NC1CC=CC1. The molecule has 0 radical (unpaired) electrons. The van der Waals surface area contributed by atoms with Crippen molar-refractivity contribution in [1.29, 1.82) is 0 Å². The molecule has 0 saturated heterocycles. The fraction of sp³-hybridized carbons (Fsp3) is 0.833. The van der Waals surface area contributed by atoms with Gasteiger partial charge in [0.05, 0.1) is 0 Å². The molecule has 0 spiro atoms. The Bertz CT molecular complexity index is 143. The zero-order valence-electron chi connectivity index (χ0n) is 9.05. The van der Waals surface area contributed by atoms with E-state index in [1.54, 1.807) is 0 Å². The zero-order chi connectivity index (χ0) is 9.52. The van der Waals surface area contributed by atoms with Crippen LogP contribution in [0.25, 0.3) is 0 Å². The molecule has 1 aliphatic carbocycles. The largest absolute Gasteiger partial charge is 0.311 e. The van der Waals surface area contributed by atoms with Crippen LogP contribution < -0.4 is 5.32 Å². The van der Waals surface area contributed by atoms with Gasteiger partial charge in [-0.15, -0.1) is 0 Å². The lowest BCUT2D eigenvalue weighted by atomic mass is 10.1. The highest BCUT2D eigenvalue weighted by Gasteiger charge is 2.12. The van der Waals surface area contributed by atoms with Crippen LogP contribution >= 0.6 is 0 Å². The van der Waals surface area contributed by atoms with Gasteiger partial charge in [0.25, 0.3) is 0 Å². The van der Waals surface area contributed by atoms with Crippen molar-refractivity contribution in [2.45, 2.75) is 64.5 Å². The molecule has 0 aliphatic heterocycles. The van der Waals surface area contributed by atoms with Gasteiger partial charge in [0.1, 0.15) is 0 Å². The third-order valence-electron chi connectivity index (χ3n) is 2.77. The first-order valence-corrected chi connectivity index (χ1v) is 5.74. The molecule has 1 heteroatoms. The summed E-state index contributed by atoms with van der Waals surface area (Å²) >= 11 is 0. The Labute approximate surface area is 82.6 Å². The molecule has 0 aromatic rings. The van der Waals surface area contributed by atoms with Crippen LogP contribution in [0.4, 0.5) is 0 Å². The van der Waals surface area contributed by atoms with E-state index in [-0.39, 0.29) is 0 Å². The van der Waals surface area contributed by atoms with Gasteiger partial charge in [-0.2, -0.15) is 0 Å². The summed E-state index contributed by atoms with van der Waals surface area (Å²) in [5.74, 6) is 0. The molecule has 0 aromatic heterocycles. The van der Waals surface area contributed by atoms with E-state index in [0.29, 0.717) is 6.04 Å². The van der Waals surface area contributed by atoms with Crippen molar-refractivity contribution in [2.75, 3.05) is 0 Å². The molecule has 0 aromatic carbocycles. The molecule has 13 heavy (non-hydrogen) atoms. The van der Waals surface area contributed by atoms with E-state index in [9.17, 15) is 0 Å². The fourth-order valence-corrected chi connectivity index (χ4v) is 1.94. The Kier molecular flexibility index (Phi) is 5.14. The molecule has 0 fully saturated rings. The lowest BCUT2D eigenvalue weighted by Gasteiger charge is -2.18. The van der Waals surface area contributed by atoms with Crippen LogP contribution in [0.5, 0.6) is 0 Å². The Balaban J connectivity index is 2.00. The summed E-state index contributed by atoms with van der Waals surface area (Å²) in [5.41, 5.74) is 0. The Morgan fingerprint density at radius 3 is 2.62 bits per heavy atom. The Morgan fingerprint density at radius 1 is 1.31 bits per heavy atom. The van der Waals surface area contributed by atoms with Crippen LogP contribution in [-0.4, -0.2) is 12.1 Å². The van der Waals surface area contributed by atoms with Gasteiger partial charge in [0.2, 0.25) is 0 Å². The summed E-state index contributed by atoms with van der Waals surface area (Å²) in [6, 6.07) is 1.44. The highest BCUT2D eigenvalue weighted by molar-refractivity contribution is 4.98. The van der Waals surface area contributed by atoms with E-state index in [4.69, 9.17) is 0 Å². The monoisotopic (exact) mass is 181 g/mol. The predicted octanol–water partition coefficient (Wildman–Crippen LogP) is 3.26. The highest BCUT2D eigenvalue weighted by Crippen LogP contribution is 2.11. The number of hydrogen-bond acceptors (Lipinski definition) is 1. The minimum atomic E-state index is 0.705. The van der Waals surface area contributed by atoms with Crippen LogP contribution in [0.1, 0.15) is 52.4 Å². The van der Waals surface area contributed by atoms with Crippen molar-refractivity contribution in [3.63, 3.8) is 0 Å². The van der Waals surface area contributed by atoms with Crippen molar-refractivity contribution < 1.29 is 0 Å². The molecule has 1 nitrogen and oxygen atoms in total. The topological polar surface area (TPSA) is 12.0 Å². The Morgan fingerprint density at radius 2 is 2.00 bits per heavy atom. The zero-order valence-corrected chi connectivity index (χ0v) is 9.05. The summed E-state index contributed by atoms with van der Waals surface area (Å²) < 4.78 is 0. The van der Waals surface area contributed by atoms with Gasteiger partial charge < -0.3 is 5.32 Å². The van der Waals surface area contributed by atoms with Crippen LogP contribution in [-0.2, 0) is 0 Å². The number of unbranched alkanes of at least 4 members (excludes halogenated alkanes) is 2. The van der Waals surface area contributed by atoms with Gasteiger partial charge in [-0.25, -0.2) is 0 Å². The summed E-state index contributed by atoms with van der Waals surface area (Å²) in [4.78, 5) is 0. The van der Waals surface area contributed by atoms with Crippen LogP contribution in [0, 0.1) is 0 Å². The first-order chi connectivity index (χ1) is 6.33. The molecule has 0 saturated carbocycles. The van der Waals surface area contributed by atoms with Gasteiger partial charge in [-0.3, -0.25) is 0 Å². The lowest BCUT2D eigenvalue weighted by Crippen LogP contribution is -2.34. The van der Waals surface area contributed by atoms with Crippen LogP contribution in [0.3, 0.4) is 0 Å². The maximum absolute atomic E-state index is 3.68. The van der Waals surface area contributed by atoms with E-state index < -0.39 is 0 Å². The number of nitrogens with one attached hydrogen (secondary N) is 1. The number of hydrogen-bond donors (Lipinski definition) is 1. The van der Waals surface area contributed by atoms with E-state index >= 15 is 0 Å². The molecular formula is C12H23N. The van der Waals surface area contributed by atoms with E-state index in [2.05, 4.69) is 31.3 Å². The minimum absolute atomic E-state index is 0.705. The predicted molar refractivity (Wildman–Crippen MR) is 58.9 cm³/mol. The standard InChI is InChI=1S/C12H23N/c1-3-4-5-8-11(2)13-12-9-6-7-10-12/h6-7,11-13H,3-5,8-10H2,1-2H3. The van der Waals surface area contributed by atoms with E-state index in [1.165, 1.54) is 38.5 Å². The summed E-state index contributed by atoms with van der Waals surface area (Å²) in [6.45, 7) is 4.58. The molecule has 1 atom stereocenters. The van der Waals surface area contributed by atoms with Crippen LogP contribution in [0.15, 0.2) is 12.2 Å². The molecule has 1 unspecified atom stereocenters. The fourth-order valence-electron chi connectivity index (χ4n) is 1.94. The summed E-state index contributed by atoms with van der Waals surface area (Å²) in [5, 5.41) is 3.68. The second-order valence-corrected chi connectivity index (χ2v) is 4.20. The van der Waals surface area contributed by atoms with Gasteiger partial charge in [0.15, 0.2) is 0 Å². The molecule has 1 N–H and O–H groups in total. The maximum Gasteiger partial charge on any atom is 0.0138 e. The molecule has 1 aliphatic rings. The van der Waals surface area contributed by atoms with Gasteiger partial charge in [-0.05, 0) is 26.2 Å². The molecular weight excluding hydrogens is 158 g/mol. The van der Waals surface area contributed by atoms with Gasteiger partial charge in [0, 0.05) is 12.1 Å².